The van der Waals surface area contributed by atoms with Gasteiger partial charge in [-0.05, 0) is 44.7 Å². The van der Waals surface area contributed by atoms with Crippen molar-refractivity contribution in [1.82, 2.24) is 10.2 Å². The van der Waals surface area contributed by atoms with Gasteiger partial charge in [0, 0.05) is 12.0 Å². The molecule has 1 aromatic heterocycles. The van der Waals surface area contributed by atoms with Gasteiger partial charge in [0.25, 0.3) is 0 Å². The van der Waals surface area contributed by atoms with Gasteiger partial charge in [0.05, 0.1) is 6.61 Å². The Bertz CT molecular complexity index is 319. The lowest BCUT2D eigenvalue weighted by molar-refractivity contribution is -0.143. The Labute approximate surface area is 105 Å². The molecule has 0 unspecified atom stereocenters. The molecule has 15 heavy (non-hydrogen) atoms. The molecule has 0 aromatic carbocycles. The molecule has 0 saturated carbocycles. The molecule has 0 spiro atoms. The highest BCUT2D eigenvalue weighted by Crippen LogP contribution is 2.23. The van der Waals surface area contributed by atoms with Crippen LogP contribution in [0.15, 0.2) is 9.21 Å². The number of esters is 1. The van der Waals surface area contributed by atoms with Crippen molar-refractivity contribution < 1.29 is 9.53 Å². The van der Waals surface area contributed by atoms with Gasteiger partial charge in [-0.1, -0.05) is 6.92 Å². The van der Waals surface area contributed by atoms with E-state index in [1.807, 2.05) is 6.92 Å². The molecule has 0 atom stereocenters. The van der Waals surface area contributed by atoms with E-state index >= 15 is 0 Å². The number of aromatic amines is 1. The second kappa shape index (κ2) is 6.27. The van der Waals surface area contributed by atoms with E-state index in [0.717, 1.165) is 21.2 Å². The Morgan fingerprint density at radius 1 is 1.53 bits per heavy atom. The summed E-state index contributed by atoms with van der Waals surface area (Å²) >= 11 is 6.62. The van der Waals surface area contributed by atoms with Crippen LogP contribution in [0.2, 0.25) is 0 Å². The monoisotopic (exact) mass is 338 g/mol. The van der Waals surface area contributed by atoms with Crippen molar-refractivity contribution in [3.8, 4) is 0 Å². The summed E-state index contributed by atoms with van der Waals surface area (Å²) in [4.78, 5) is 11.2. The number of carbonyl (C=O) groups is 1. The molecule has 1 heterocycles. The third-order valence-electron chi connectivity index (χ3n) is 1.81. The first-order valence-electron chi connectivity index (χ1n) is 4.69. The Morgan fingerprint density at radius 3 is 2.80 bits per heavy atom. The molecule has 0 radical (unpaired) electrons. The molecule has 0 saturated heterocycles. The van der Waals surface area contributed by atoms with Gasteiger partial charge in [0.1, 0.15) is 9.21 Å². The van der Waals surface area contributed by atoms with E-state index in [-0.39, 0.29) is 5.97 Å². The van der Waals surface area contributed by atoms with Gasteiger partial charge in [-0.2, -0.15) is 5.10 Å². The summed E-state index contributed by atoms with van der Waals surface area (Å²) in [5.74, 6) is -0.170. The van der Waals surface area contributed by atoms with Gasteiger partial charge < -0.3 is 4.74 Å². The molecular formula is C9H12Br2N2O2. The Kier molecular flexibility index (Phi) is 5.31. The maximum atomic E-state index is 11.2. The maximum absolute atomic E-state index is 11.2. The number of aromatic nitrogens is 2. The van der Waals surface area contributed by atoms with E-state index in [1.165, 1.54) is 0 Å². The van der Waals surface area contributed by atoms with Crippen molar-refractivity contribution in [2.24, 2.45) is 0 Å². The summed E-state index contributed by atoms with van der Waals surface area (Å²) in [5, 5.41) is 6.72. The zero-order valence-corrected chi connectivity index (χ0v) is 11.5. The van der Waals surface area contributed by atoms with Crippen molar-refractivity contribution in [3.05, 3.63) is 14.8 Å². The summed E-state index contributed by atoms with van der Waals surface area (Å²) < 4.78 is 6.51. The van der Waals surface area contributed by atoms with E-state index in [1.54, 1.807) is 0 Å². The van der Waals surface area contributed by atoms with Crippen LogP contribution in [0.5, 0.6) is 0 Å². The minimum Gasteiger partial charge on any atom is -0.466 e. The van der Waals surface area contributed by atoms with Crippen molar-refractivity contribution in [2.45, 2.75) is 26.2 Å². The van der Waals surface area contributed by atoms with E-state index in [0.29, 0.717) is 19.4 Å². The van der Waals surface area contributed by atoms with Crippen LogP contribution in [0.3, 0.4) is 0 Å². The number of H-pyrrole nitrogens is 1. The molecule has 4 nitrogen and oxygen atoms in total. The van der Waals surface area contributed by atoms with Gasteiger partial charge in [0.2, 0.25) is 0 Å². The minimum atomic E-state index is -0.170. The van der Waals surface area contributed by atoms with E-state index in [9.17, 15) is 4.79 Å². The smallest absolute Gasteiger partial charge is 0.306 e. The zero-order valence-electron chi connectivity index (χ0n) is 8.35. The highest BCUT2D eigenvalue weighted by molar-refractivity contribution is 9.11. The number of hydrogen-bond acceptors (Lipinski definition) is 3. The highest BCUT2D eigenvalue weighted by atomic mass is 79.9. The maximum Gasteiger partial charge on any atom is 0.306 e. The predicted molar refractivity (Wildman–Crippen MR) is 63.6 cm³/mol. The van der Waals surface area contributed by atoms with Crippen molar-refractivity contribution in [3.63, 3.8) is 0 Å². The highest BCUT2D eigenvalue weighted by Gasteiger charge is 2.11. The quantitative estimate of drug-likeness (QED) is 0.839. The average Bonchev–Trinajstić information content (AvgIpc) is 2.53. The van der Waals surface area contributed by atoms with Gasteiger partial charge in [-0.25, -0.2) is 0 Å². The van der Waals surface area contributed by atoms with Crippen LogP contribution in [0.25, 0.3) is 0 Å². The lowest BCUT2D eigenvalue weighted by atomic mass is 10.2. The molecule has 0 aliphatic heterocycles. The number of carbonyl (C=O) groups excluding carboxylic acids is 1. The standard InChI is InChI=1S/C9H12Br2N2O2/c1-2-5-15-7(14)4-3-6-8(10)12-13-9(6)11/h2-5H2,1H3,(H,12,13). The predicted octanol–water partition coefficient (Wildman–Crippen LogP) is 2.82. The third kappa shape index (κ3) is 3.95. The fourth-order valence-electron chi connectivity index (χ4n) is 1.05. The fourth-order valence-corrected chi connectivity index (χ4v) is 2.28. The molecule has 6 heteroatoms. The zero-order chi connectivity index (χ0) is 11.3. The molecule has 0 aliphatic carbocycles. The molecule has 1 N–H and O–H groups in total. The number of hydrogen-bond donors (Lipinski definition) is 1. The molecule has 1 aromatic rings. The van der Waals surface area contributed by atoms with E-state index in [2.05, 4.69) is 42.1 Å². The van der Waals surface area contributed by atoms with E-state index < -0.39 is 0 Å². The lowest BCUT2D eigenvalue weighted by Crippen LogP contribution is -2.06. The first kappa shape index (κ1) is 12.7. The topological polar surface area (TPSA) is 55.0 Å². The first-order valence-corrected chi connectivity index (χ1v) is 6.27. The first-order chi connectivity index (χ1) is 7.15. The van der Waals surface area contributed by atoms with Crippen molar-refractivity contribution in [1.29, 1.82) is 0 Å². The number of nitrogens with zero attached hydrogens (tertiary/aromatic N) is 1. The molecule has 0 aliphatic rings. The normalized spacial score (nSPS) is 10.3. The number of halogens is 2. The molecule has 0 amide bonds. The molecular weight excluding hydrogens is 328 g/mol. The largest absolute Gasteiger partial charge is 0.466 e. The second-order valence-corrected chi connectivity index (χ2v) is 4.57. The van der Waals surface area contributed by atoms with Gasteiger partial charge >= 0.3 is 5.97 Å². The Morgan fingerprint density at radius 2 is 2.27 bits per heavy atom. The molecule has 84 valence electrons. The van der Waals surface area contributed by atoms with Crippen LogP contribution in [0, 0.1) is 0 Å². The SMILES string of the molecule is CCCOC(=O)CCc1c(Br)n[nH]c1Br. The van der Waals surface area contributed by atoms with Crippen LogP contribution in [-0.4, -0.2) is 22.8 Å². The summed E-state index contributed by atoms with van der Waals surface area (Å²) in [6.07, 6.45) is 1.84. The van der Waals surface area contributed by atoms with Gasteiger partial charge in [0.15, 0.2) is 0 Å². The van der Waals surface area contributed by atoms with Gasteiger partial charge in [-0.15, -0.1) is 0 Å². The fraction of sp³-hybridized carbons (Fsp3) is 0.556. The number of nitrogens with one attached hydrogen (secondary N) is 1. The lowest BCUT2D eigenvalue weighted by Gasteiger charge is -2.02. The summed E-state index contributed by atoms with van der Waals surface area (Å²) in [7, 11) is 0. The van der Waals surface area contributed by atoms with Crippen molar-refractivity contribution in [2.75, 3.05) is 6.61 Å². The molecule has 0 fully saturated rings. The summed E-state index contributed by atoms with van der Waals surface area (Å²) in [6.45, 7) is 2.46. The number of ether oxygens (including phenoxy) is 1. The van der Waals surface area contributed by atoms with Gasteiger partial charge in [-0.3, -0.25) is 9.89 Å². The van der Waals surface area contributed by atoms with Crippen LogP contribution in [0.1, 0.15) is 25.3 Å². The second-order valence-electron chi connectivity index (χ2n) is 3.03. The van der Waals surface area contributed by atoms with Crippen LogP contribution in [0.4, 0.5) is 0 Å². The third-order valence-corrected chi connectivity index (χ3v) is 3.12. The van der Waals surface area contributed by atoms with Crippen LogP contribution >= 0.6 is 31.9 Å². The summed E-state index contributed by atoms with van der Waals surface area (Å²) in [6, 6.07) is 0. The summed E-state index contributed by atoms with van der Waals surface area (Å²) in [5.41, 5.74) is 0.962. The number of rotatable bonds is 5. The Balaban J connectivity index is 2.40. The minimum absolute atomic E-state index is 0.170. The Hall–Kier alpha value is -0.360. The molecule has 0 bridgehead atoms. The van der Waals surface area contributed by atoms with Crippen molar-refractivity contribution >= 4 is 37.8 Å². The van der Waals surface area contributed by atoms with Crippen LogP contribution < -0.4 is 0 Å². The average molecular weight is 340 g/mol. The van der Waals surface area contributed by atoms with Crippen LogP contribution in [-0.2, 0) is 16.0 Å². The molecule has 1 rings (SSSR count). The van der Waals surface area contributed by atoms with E-state index in [4.69, 9.17) is 4.74 Å².